The minimum atomic E-state index is 0.405. The van der Waals surface area contributed by atoms with E-state index in [2.05, 4.69) is 15.0 Å². The largest absolute Gasteiger partial charge is 0.378 e. The summed E-state index contributed by atoms with van der Waals surface area (Å²) < 4.78 is 5.01. The molecule has 16 heavy (non-hydrogen) atoms. The first-order valence-corrected chi connectivity index (χ1v) is 5.89. The van der Waals surface area contributed by atoms with E-state index in [1.165, 1.54) is 0 Å². The van der Waals surface area contributed by atoms with E-state index < -0.39 is 0 Å². The Morgan fingerprint density at radius 3 is 2.81 bits per heavy atom. The summed E-state index contributed by atoms with van der Waals surface area (Å²) >= 11 is 7.47. The standard InChI is InChI=1S/C10H10ClN3OS/c1-6-12-8(5-16-6)10-13-7(4-15-2)3-9(11)14-10/h3,5H,4H2,1-2H3. The van der Waals surface area contributed by atoms with E-state index in [1.54, 1.807) is 24.5 Å². The van der Waals surface area contributed by atoms with Crippen molar-refractivity contribution in [3.8, 4) is 11.5 Å². The smallest absolute Gasteiger partial charge is 0.180 e. The van der Waals surface area contributed by atoms with Crippen molar-refractivity contribution in [2.75, 3.05) is 7.11 Å². The molecule has 6 heteroatoms. The van der Waals surface area contributed by atoms with Gasteiger partial charge in [-0.2, -0.15) is 0 Å². The fraction of sp³-hybridized carbons (Fsp3) is 0.300. The molecule has 0 bridgehead atoms. The Balaban J connectivity index is 2.40. The zero-order valence-corrected chi connectivity index (χ0v) is 10.5. The molecule has 0 saturated carbocycles. The van der Waals surface area contributed by atoms with E-state index in [0.717, 1.165) is 16.4 Å². The van der Waals surface area contributed by atoms with Crippen LogP contribution in [0.4, 0.5) is 0 Å². The highest BCUT2D eigenvalue weighted by atomic mass is 35.5. The third-order valence-corrected chi connectivity index (χ3v) is 2.86. The topological polar surface area (TPSA) is 47.9 Å². The van der Waals surface area contributed by atoms with Crippen LogP contribution in [0.3, 0.4) is 0 Å². The highest BCUT2D eigenvalue weighted by molar-refractivity contribution is 7.09. The Hall–Kier alpha value is -1.04. The SMILES string of the molecule is COCc1cc(Cl)nc(-c2csc(C)n2)n1. The van der Waals surface area contributed by atoms with Gasteiger partial charge in [-0.25, -0.2) is 15.0 Å². The highest BCUT2D eigenvalue weighted by Gasteiger charge is 2.08. The van der Waals surface area contributed by atoms with E-state index in [9.17, 15) is 0 Å². The number of rotatable bonds is 3. The first-order valence-electron chi connectivity index (χ1n) is 4.64. The molecule has 0 aliphatic heterocycles. The number of hydrogen-bond donors (Lipinski definition) is 0. The summed E-state index contributed by atoms with van der Waals surface area (Å²) in [6, 6.07) is 1.69. The second-order valence-corrected chi connectivity index (χ2v) is 4.64. The molecule has 0 fully saturated rings. The Bertz CT molecular complexity index is 501. The number of ether oxygens (including phenoxy) is 1. The fourth-order valence-electron chi connectivity index (χ4n) is 1.27. The molecule has 4 nitrogen and oxygen atoms in total. The second-order valence-electron chi connectivity index (χ2n) is 3.19. The summed E-state index contributed by atoms with van der Waals surface area (Å²) in [5.74, 6) is 0.545. The van der Waals surface area contributed by atoms with E-state index in [0.29, 0.717) is 17.6 Å². The molecule has 2 rings (SSSR count). The molecule has 0 radical (unpaired) electrons. The van der Waals surface area contributed by atoms with Crippen LogP contribution in [0.25, 0.3) is 11.5 Å². The summed E-state index contributed by atoms with van der Waals surface area (Å²) in [4.78, 5) is 12.8. The van der Waals surface area contributed by atoms with E-state index in [-0.39, 0.29) is 0 Å². The molecule has 0 unspecified atom stereocenters. The number of thiazole rings is 1. The van der Waals surface area contributed by atoms with Crippen molar-refractivity contribution in [3.05, 3.63) is 27.3 Å². The Morgan fingerprint density at radius 2 is 2.19 bits per heavy atom. The number of halogens is 1. The second kappa shape index (κ2) is 4.86. The van der Waals surface area contributed by atoms with Gasteiger partial charge in [-0.05, 0) is 13.0 Å². The minimum absolute atomic E-state index is 0.405. The molecule has 0 aliphatic carbocycles. The van der Waals surface area contributed by atoms with Gasteiger partial charge < -0.3 is 4.74 Å². The molecule has 0 N–H and O–H groups in total. The molecule has 2 aromatic rings. The molecule has 0 atom stereocenters. The van der Waals surface area contributed by atoms with Crippen molar-refractivity contribution < 1.29 is 4.74 Å². The van der Waals surface area contributed by atoms with Gasteiger partial charge in [-0.3, -0.25) is 0 Å². The zero-order chi connectivity index (χ0) is 11.5. The summed E-state index contributed by atoms with van der Waals surface area (Å²) in [7, 11) is 1.61. The van der Waals surface area contributed by atoms with Gasteiger partial charge >= 0.3 is 0 Å². The molecule has 0 aromatic carbocycles. The first kappa shape index (κ1) is 11.4. The summed E-state index contributed by atoms with van der Waals surface area (Å²) in [5.41, 5.74) is 1.51. The van der Waals surface area contributed by atoms with Gasteiger partial charge in [0.15, 0.2) is 5.82 Å². The third-order valence-electron chi connectivity index (χ3n) is 1.89. The molecule has 0 saturated heterocycles. The lowest BCUT2D eigenvalue weighted by atomic mass is 10.4. The van der Waals surface area contributed by atoms with E-state index >= 15 is 0 Å². The van der Waals surface area contributed by atoms with Gasteiger partial charge in [0.1, 0.15) is 10.8 Å². The average Bonchev–Trinajstić information content (AvgIpc) is 2.64. The predicted molar refractivity (Wildman–Crippen MR) is 63.6 cm³/mol. The van der Waals surface area contributed by atoms with Crippen molar-refractivity contribution in [3.63, 3.8) is 0 Å². The van der Waals surface area contributed by atoms with Gasteiger partial charge in [0.2, 0.25) is 0 Å². The Kier molecular flexibility index (Phi) is 3.48. The van der Waals surface area contributed by atoms with Crippen LogP contribution >= 0.6 is 22.9 Å². The predicted octanol–water partition coefficient (Wildman–Crippen LogP) is 2.71. The third kappa shape index (κ3) is 2.55. The van der Waals surface area contributed by atoms with Crippen molar-refractivity contribution >= 4 is 22.9 Å². The lowest BCUT2D eigenvalue weighted by molar-refractivity contribution is 0.181. The van der Waals surface area contributed by atoms with Crippen LogP contribution in [-0.2, 0) is 11.3 Å². The van der Waals surface area contributed by atoms with Crippen LogP contribution in [0.5, 0.6) is 0 Å². The molecule has 0 amide bonds. The highest BCUT2D eigenvalue weighted by Crippen LogP contribution is 2.20. The van der Waals surface area contributed by atoms with Gasteiger partial charge in [-0.1, -0.05) is 11.6 Å². The summed E-state index contributed by atoms with van der Waals surface area (Å²) in [6.45, 7) is 2.35. The maximum atomic E-state index is 5.91. The van der Waals surface area contributed by atoms with Crippen LogP contribution in [0, 0.1) is 6.92 Å². The first-order chi connectivity index (χ1) is 7.69. The quantitative estimate of drug-likeness (QED) is 0.792. The summed E-state index contributed by atoms with van der Waals surface area (Å²) in [5, 5.41) is 3.30. The molecular formula is C10H10ClN3OS. The number of aryl methyl sites for hydroxylation is 1. The van der Waals surface area contributed by atoms with Crippen LogP contribution in [0.1, 0.15) is 10.7 Å². The summed E-state index contributed by atoms with van der Waals surface area (Å²) in [6.07, 6.45) is 0. The number of methoxy groups -OCH3 is 1. The molecule has 2 aromatic heterocycles. The average molecular weight is 256 g/mol. The lowest BCUT2D eigenvalue weighted by Gasteiger charge is -2.02. The Labute approximate surface area is 102 Å². The Morgan fingerprint density at radius 1 is 1.38 bits per heavy atom. The van der Waals surface area contributed by atoms with Crippen molar-refractivity contribution in [1.82, 2.24) is 15.0 Å². The molecular weight excluding hydrogens is 246 g/mol. The van der Waals surface area contributed by atoms with Crippen LogP contribution in [0.2, 0.25) is 5.15 Å². The van der Waals surface area contributed by atoms with E-state index in [4.69, 9.17) is 16.3 Å². The van der Waals surface area contributed by atoms with Crippen LogP contribution < -0.4 is 0 Å². The number of nitrogens with zero attached hydrogens (tertiary/aromatic N) is 3. The van der Waals surface area contributed by atoms with Crippen molar-refractivity contribution in [2.45, 2.75) is 13.5 Å². The maximum Gasteiger partial charge on any atom is 0.180 e. The molecule has 0 aliphatic rings. The van der Waals surface area contributed by atoms with Gasteiger partial charge in [0.05, 0.1) is 17.3 Å². The van der Waals surface area contributed by atoms with Crippen molar-refractivity contribution in [2.24, 2.45) is 0 Å². The normalized spacial score (nSPS) is 10.7. The monoisotopic (exact) mass is 255 g/mol. The fourth-order valence-corrected chi connectivity index (χ4v) is 2.06. The van der Waals surface area contributed by atoms with Crippen LogP contribution in [0.15, 0.2) is 11.4 Å². The van der Waals surface area contributed by atoms with Crippen molar-refractivity contribution in [1.29, 1.82) is 0 Å². The molecule has 0 spiro atoms. The van der Waals surface area contributed by atoms with Gasteiger partial charge in [0.25, 0.3) is 0 Å². The molecule has 84 valence electrons. The maximum absolute atomic E-state index is 5.91. The number of hydrogen-bond acceptors (Lipinski definition) is 5. The van der Waals surface area contributed by atoms with Crippen LogP contribution in [-0.4, -0.2) is 22.1 Å². The minimum Gasteiger partial charge on any atom is -0.378 e. The van der Waals surface area contributed by atoms with E-state index in [1.807, 2.05) is 12.3 Å². The lowest BCUT2D eigenvalue weighted by Crippen LogP contribution is -1.97. The van der Waals surface area contributed by atoms with Gasteiger partial charge in [0, 0.05) is 12.5 Å². The van der Waals surface area contributed by atoms with Gasteiger partial charge in [-0.15, -0.1) is 11.3 Å². The number of aromatic nitrogens is 3. The zero-order valence-electron chi connectivity index (χ0n) is 8.90. The molecule has 2 heterocycles.